The summed E-state index contributed by atoms with van der Waals surface area (Å²) in [5, 5.41) is 38.6. The summed E-state index contributed by atoms with van der Waals surface area (Å²) < 4.78 is 49.7. The SMILES string of the molecule is CC(C)c1ccccc1[C@@H]1C[C@](C)(O)CCN1C1CC2(CCN(c3ccc(C(=O)NS(=O)(=O)c4cc5c(c([N+](=O)[O-])c4)N[C@@H](C4CCC(C)(O)CC4)CO5)c(N4c5cc6cc[nH]c6nc5O[C@H]5COCC[C@@H]54)c3)CC2)C1. The summed E-state index contributed by atoms with van der Waals surface area (Å²) in [4.78, 5) is 41.5. The Morgan fingerprint density at radius 3 is 2.45 bits per heavy atom. The number of hydrogen-bond donors (Lipinski definition) is 5. The number of hydrogen-bond acceptors (Lipinski definition) is 15. The standard InChI is InChI=1S/C57H70N8O10S/c1-34(2)40-7-5-6-8-41(40)48-31-56(4,68)17-23-63(48)38-29-57(30-38)18-21-62(22-19-57)37-9-10-42(45(26-37)64-44-14-24-73-33-50(44)75-54-47(64)25-36-13-20-58-52(36)60-54)53(66)61-76(71,72)39-27-46(65(69)70)51-49(28-39)74-32-43(59-51)35-11-15-55(3,67)16-12-35/h5-10,13,20,25-28,34-35,38,43-44,48,50,59,67-68H,11-12,14-19,21-24,29-33H2,1-4H3,(H,58,60)(H,61,66)/t35?,43-,44+,48+,50+,55?,56-/m1/s1. The van der Waals surface area contributed by atoms with Gasteiger partial charge in [0.1, 0.15) is 24.0 Å². The average molecular weight is 1060 g/mol. The maximum Gasteiger partial charge on any atom is 0.297 e. The number of nitrogens with one attached hydrogen (secondary N) is 3. The summed E-state index contributed by atoms with van der Waals surface area (Å²) in [5.41, 5.74) is 3.70. The number of nitrogens with zero attached hydrogens (tertiary/aromatic N) is 5. The average Bonchev–Trinajstić information content (AvgIpc) is 3.87. The zero-order valence-corrected chi connectivity index (χ0v) is 44.6. The van der Waals surface area contributed by atoms with Crippen LogP contribution in [0.3, 0.4) is 0 Å². The van der Waals surface area contributed by atoms with Gasteiger partial charge in [-0.25, -0.2) is 13.1 Å². The van der Waals surface area contributed by atoms with Gasteiger partial charge in [-0.05, 0) is 143 Å². The molecule has 1 spiro atoms. The summed E-state index contributed by atoms with van der Waals surface area (Å²) in [7, 11) is -4.73. The fraction of sp³-hybridized carbons (Fsp3) is 0.544. The third-order valence-corrected chi connectivity index (χ3v) is 19.5. The molecule has 3 saturated heterocycles. The molecule has 404 valence electrons. The van der Waals surface area contributed by atoms with Gasteiger partial charge < -0.3 is 44.5 Å². The van der Waals surface area contributed by atoms with E-state index in [0.29, 0.717) is 80.0 Å². The number of nitro benzene ring substituents is 1. The number of H-pyrrole nitrogens is 1. The van der Waals surface area contributed by atoms with Crippen molar-refractivity contribution >= 4 is 55.4 Å². The molecule has 0 radical (unpaired) electrons. The third-order valence-electron chi connectivity index (χ3n) is 18.2. The summed E-state index contributed by atoms with van der Waals surface area (Å²) in [6.45, 7) is 11.6. The lowest BCUT2D eigenvalue weighted by Gasteiger charge is -2.58. The maximum atomic E-state index is 14.9. The topological polar surface area (TPSA) is 225 Å². The highest BCUT2D eigenvalue weighted by atomic mass is 32.2. The van der Waals surface area contributed by atoms with E-state index in [4.69, 9.17) is 19.2 Å². The molecule has 19 heteroatoms. The van der Waals surface area contributed by atoms with Crippen LogP contribution < -0.4 is 29.3 Å². The van der Waals surface area contributed by atoms with Crippen molar-refractivity contribution in [3.05, 3.63) is 99.7 Å². The van der Waals surface area contributed by atoms with Crippen LogP contribution in [0.5, 0.6) is 11.6 Å². The molecule has 3 aromatic carbocycles. The van der Waals surface area contributed by atoms with Gasteiger partial charge in [0.05, 0.1) is 51.0 Å². The van der Waals surface area contributed by atoms with Gasteiger partial charge in [-0.3, -0.25) is 19.8 Å². The number of rotatable bonds is 10. The first-order valence-corrected chi connectivity index (χ1v) is 28.8. The lowest BCUT2D eigenvalue weighted by atomic mass is 9.59. The summed E-state index contributed by atoms with van der Waals surface area (Å²) >= 11 is 0. The molecule has 1 amide bonds. The Balaban J connectivity index is 0.830. The minimum atomic E-state index is -4.73. The van der Waals surface area contributed by atoms with Gasteiger partial charge >= 0.3 is 0 Å². The zero-order chi connectivity index (χ0) is 52.9. The van der Waals surface area contributed by atoms with Crippen molar-refractivity contribution in [2.75, 3.05) is 54.6 Å². The van der Waals surface area contributed by atoms with Gasteiger partial charge in [-0.2, -0.15) is 4.98 Å². The molecule has 76 heavy (non-hydrogen) atoms. The quantitative estimate of drug-likeness (QED) is 0.0651. The number of anilines is 4. The Bertz CT molecular complexity index is 3170. The Hall–Kier alpha value is -5.99. The first kappa shape index (κ1) is 50.8. The van der Waals surface area contributed by atoms with Crippen LogP contribution in [0.4, 0.5) is 28.4 Å². The van der Waals surface area contributed by atoms with Crippen molar-refractivity contribution in [1.29, 1.82) is 0 Å². The van der Waals surface area contributed by atoms with Gasteiger partial charge in [0.15, 0.2) is 11.4 Å². The van der Waals surface area contributed by atoms with Crippen LogP contribution in [0.1, 0.15) is 132 Å². The third kappa shape index (κ3) is 9.42. The second-order valence-electron chi connectivity index (χ2n) is 23.8. The van der Waals surface area contributed by atoms with E-state index in [1.165, 1.54) is 17.2 Å². The van der Waals surface area contributed by atoms with Crippen LogP contribution in [-0.4, -0.2) is 119 Å². The smallest absolute Gasteiger partial charge is 0.297 e. The molecule has 0 bridgehead atoms. The molecule has 7 heterocycles. The molecule has 12 rings (SSSR count). The number of aromatic nitrogens is 2. The van der Waals surface area contributed by atoms with Gasteiger partial charge in [0.2, 0.25) is 5.88 Å². The summed E-state index contributed by atoms with van der Waals surface area (Å²) in [6, 6.07) is 20.4. The predicted molar refractivity (Wildman–Crippen MR) is 288 cm³/mol. The summed E-state index contributed by atoms with van der Waals surface area (Å²) in [6.07, 6.45) is 10.1. The number of sulfonamides is 1. The molecule has 5 aromatic rings. The second kappa shape index (κ2) is 19.2. The number of aliphatic hydroxyl groups is 2. The van der Waals surface area contributed by atoms with Gasteiger partial charge in [0.25, 0.3) is 21.6 Å². The number of ether oxygens (including phenoxy) is 3. The van der Waals surface area contributed by atoms with E-state index in [9.17, 15) is 33.5 Å². The van der Waals surface area contributed by atoms with E-state index in [0.717, 1.165) is 68.9 Å². The number of aromatic amines is 1. The predicted octanol–water partition coefficient (Wildman–Crippen LogP) is 8.85. The summed E-state index contributed by atoms with van der Waals surface area (Å²) in [5.74, 6) is -0.0821. The number of fused-ring (bicyclic) bond motifs is 4. The lowest BCUT2D eigenvalue weighted by Crippen LogP contribution is -2.58. The van der Waals surface area contributed by atoms with Crippen LogP contribution in [0, 0.1) is 21.4 Å². The van der Waals surface area contributed by atoms with E-state index in [1.54, 1.807) is 12.3 Å². The van der Waals surface area contributed by atoms with Gasteiger partial charge in [-0.15, -0.1) is 0 Å². The monoisotopic (exact) mass is 1060 g/mol. The number of amides is 1. The van der Waals surface area contributed by atoms with Crippen molar-refractivity contribution in [3.63, 3.8) is 0 Å². The van der Waals surface area contributed by atoms with Crippen LogP contribution in [-0.2, 0) is 14.8 Å². The number of carbonyl (C=O) groups is 1. The second-order valence-corrected chi connectivity index (χ2v) is 25.5. The lowest BCUT2D eigenvalue weighted by molar-refractivity contribution is -0.384. The molecule has 7 aliphatic rings. The molecule has 5 fully saturated rings. The van der Waals surface area contributed by atoms with Crippen LogP contribution in [0.2, 0.25) is 0 Å². The number of benzene rings is 3. The molecule has 5 aliphatic heterocycles. The molecule has 2 aliphatic carbocycles. The van der Waals surface area contributed by atoms with Crippen LogP contribution in [0.25, 0.3) is 11.0 Å². The van der Waals surface area contributed by atoms with Crippen molar-refractivity contribution in [1.82, 2.24) is 19.6 Å². The van der Waals surface area contributed by atoms with E-state index in [-0.39, 0.29) is 59.7 Å². The molecule has 18 nitrogen and oxygen atoms in total. The highest BCUT2D eigenvalue weighted by Gasteiger charge is 2.52. The first-order valence-electron chi connectivity index (χ1n) is 27.3. The van der Waals surface area contributed by atoms with Crippen LogP contribution >= 0.6 is 0 Å². The molecule has 5 N–H and O–H groups in total. The highest BCUT2D eigenvalue weighted by Crippen LogP contribution is 2.55. The molecule has 0 unspecified atom stereocenters. The molecule has 2 aromatic heterocycles. The number of nitro groups is 1. The van der Waals surface area contributed by atoms with E-state index >= 15 is 0 Å². The van der Waals surface area contributed by atoms with E-state index < -0.39 is 48.7 Å². The number of likely N-dealkylation sites (tertiary alicyclic amines) is 1. The fourth-order valence-corrected chi connectivity index (χ4v) is 14.8. The Morgan fingerprint density at radius 1 is 0.908 bits per heavy atom. The van der Waals surface area contributed by atoms with Gasteiger partial charge in [-0.1, -0.05) is 38.1 Å². The Kier molecular flexibility index (Phi) is 12.8. The Labute approximate surface area is 443 Å². The molecule has 5 atom stereocenters. The van der Waals surface area contributed by atoms with E-state index in [1.807, 2.05) is 38.1 Å². The van der Waals surface area contributed by atoms with Crippen molar-refractivity contribution in [3.8, 4) is 11.6 Å². The molecule has 2 saturated carbocycles. The highest BCUT2D eigenvalue weighted by molar-refractivity contribution is 7.90. The zero-order valence-electron chi connectivity index (χ0n) is 43.8. The first-order chi connectivity index (χ1) is 36.3. The number of piperidine rings is 2. The molecular formula is C57H70N8O10S. The van der Waals surface area contributed by atoms with Crippen molar-refractivity contribution in [2.24, 2.45) is 11.3 Å². The fourth-order valence-electron chi connectivity index (χ4n) is 13.8. The maximum absolute atomic E-state index is 14.9. The van der Waals surface area contributed by atoms with Crippen LogP contribution in [0.15, 0.2) is 77.8 Å². The van der Waals surface area contributed by atoms with E-state index in [2.05, 4.69) is 67.8 Å². The van der Waals surface area contributed by atoms with Gasteiger partial charge in [0, 0.05) is 67.7 Å². The number of carbonyl (C=O) groups excluding carboxylic acids is 1. The van der Waals surface area contributed by atoms with Crippen molar-refractivity contribution < 1.29 is 42.6 Å². The minimum Gasteiger partial charge on any atom is -0.489 e. The normalized spacial score (nSPS) is 28.6. The largest absolute Gasteiger partial charge is 0.489 e. The molecular weight excluding hydrogens is 989 g/mol. The number of pyridine rings is 1. The van der Waals surface area contributed by atoms with Crippen molar-refractivity contribution in [2.45, 2.75) is 151 Å². The minimum absolute atomic E-state index is 0.00302. The Morgan fingerprint density at radius 2 is 1.68 bits per heavy atom.